The van der Waals surface area contributed by atoms with E-state index >= 15 is 0 Å². The van der Waals surface area contributed by atoms with Gasteiger partial charge in [-0.15, -0.1) is 0 Å². The largest absolute Gasteiger partial charge is 0.493 e. The molecule has 0 radical (unpaired) electrons. The van der Waals surface area contributed by atoms with Gasteiger partial charge in [-0.2, -0.15) is 0 Å². The van der Waals surface area contributed by atoms with E-state index in [-0.39, 0.29) is 17.7 Å². The first kappa shape index (κ1) is 43.6. The summed E-state index contributed by atoms with van der Waals surface area (Å²) < 4.78 is 37.3. The minimum Gasteiger partial charge on any atom is -0.493 e. The molecule has 1 aliphatic carbocycles. The number of ether oxygens (including phenoxy) is 6. The van der Waals surface area contributed by atoms with Crippen molar-refractivity contribution < 1.29 is 42.8 Å². The van der Waals surface area contributed by atoms with E-state index in [9.17, 15) is 14.4 Å². The molecule has 12 nitrogen and oxygen atoms in total. The highest BCUT2D eigenvalue weighted by molar-refractivity contribution is 5.73. The zero-order valence-corrected chi connectivity index (χ0v) is 36.3. The Kier molecular flexibility index (Phi) is 13.8. The minimum absolute atomic E-state index is 0.0955. The van der Waals surface area contributed by atoms with Gasteiger partial charge in [0.1, 0.15) is 17.2 Å². The average molecular weight is 850 g/mol. The molecule has 7 rings (SSSR count). The van der Waals surface area contributed by atoms with Crippen LogP contribution in [0, 0.1) is 0 Å². The predicted octanol–water partition coefficient (Wildman–Crippen LogP) is 9.08. The first-order valence-corrected chi connectivity index (χ1v) is 20.6. The van der Waals surface area contributed by atoms with Crippen LogP contribution < -0.4 is 44.4 Å². The van der Waals surface area contributed by atoms with Crippen LogP contribution in [0.4, 0.5) is 0 Å². The molecule has 12 heteroatoms. The lowest BCUT2D eigenvalue weighted by Crippen LogP contribution is -2.18. The van der Waals surface area contributed by atoms with Crippen molar-refractivity contribution in [1.82, 2.24) is 16.0 Å². The van der Waals surface area contributed by atoms with Gasteiger partial charge < -0.3 is 44.4 Å². The number of carbonyl (C=O) groups excluding carboxylic acids is 3. The molecule has 324 valence electrons. The minimum atomic E-state index is -0.0955. The van der Waals surface area contributed by atoms with E-state index in [1.165, 1.54) is 20.8 Å². The van der Waals surface area contributed by atoms with Gasteiger partial charge in [-0.05, 0) is 142 Å². The smallest absolute Gasteiger partial charge is 0.217 e. The Morgan fingerprint density at radius 3 is 0.810 bits per heavy atom. The SMILES string of the molecule is COc1cc2c(cc1Oc1ccc(CNC(C)=O)cc1)Cc1cc(OC)c(Oc3ccc(CNC(C)=O)cc3)cc1Cc1cc(OC)c(Oc3ccc(CNC(C)=O)cc3)cc1C2. The van der Waals surface area contributed by atoms with Crippen LogP contribution in [-0.2, 0) is 53.3 Å². The topological polar surface area (TPSA) is 143 Å². The van der Waals surface area contributed by atoms with Crippen LogP contribution in [0.5, 0.6) is 51.7 Å². The third-order valence-electron chi connectivity index (χ3n) is 10.7. The fourth-order valence-electron chi connectivity index (χ4n) is 7.34. The predicted molar refractivity (Wildman–Crippen MR) is 240 cm³/mol. The van der Waals surface area contributed by atoms with Gasteiger partial charge in [0.2, 0.25) is 17.7 Å². The number of hydrogen-bond acceptors (Lipinski definition) is 9. The number of rotatable bonds is 15. The van der Waals surface area contributed by atoms with Crippen LogP contribution in [-0.4, -0.2) is 39.1 Å². The first-order chi connectivity index (χ1) is 30.5. The molecular formula is C51H51N3O9. The Bertz CT molecular complexity index is 2320. The molecular weight excluding hydrogens is 799 g/mol. The standard InChI is InChI=1S/C51H51N3O9/c1-31(55)52-28-34-7-13-43(14-8-34)61-49-25-40-19-38-23-47(59-5)51(63-45-17-11-36(12-18-45)30-54-33(3)57)27-42(38)21-39-24-48(60-6)50(26-41(39)20-37(40)22-46(49)58-4)62-44-15-9-35(10-16-44)29-53-32(2)56/h7-18,22-27H,19-21,28-30H2,1-6H3,(H,52,55)(H,53,56)(H,54,57). The second-order valence-corrected chi connectivity index (χ2v) is 15.3. The summed E-state index contributed by atoms with van der Waals surface area (Å²) in [6, 6.07) is 35.0. The summed E-state index contributed by atoms with van der Waals surface area (Å²) in [5, 5.41) is 8.47. The quantitative estimate of drug-likeness (QED) is 0.0921. The van der Waals surface area contributed by atoms with E-state index in [1.807, 2.05) is 109 Å². The van der Waals surface area contributed by atoms with Gasteiger partial charge in [0.05, 0.1) is 21.3 Å². The Morgan fingerprint density at radius 1 is 0.381 bits per heavy atom. The highest BCUT2D eigenvalue weighted by atomic mass is 16.5. The third-order valence-corrected chi connectivity index (χ3v) is 10.7. The Hall–Kier alpha value is -7.47. The fraction of sp³-hybridized carbons (Fsp3) is 0.235. The lowest BCUT2D eigenvalue weighted by molar-refractivity contribution is -0.120. The summed E-state index contributed by atoms with van der Waals surface area (Å²) in [5.74, 6) is 4.98. The van der Waals surface area contributed by atoms with Crippen LogP contribution in [0.2, 0.25) is 0 Å². The maximum atomic E-state index is 11.5. The number of benzene rings is 6. The maximum absolute atomic E-state index is 11.5. The van der Waals surface area contributed by atoms with Crippen molar-refractivity contribution in [2.24, 2.45) is 0 Å². The van der Waals surface area contributed by atoms with Crippen molar-refractivity contribution in [1.29, 1.82) is 0 Å². The average Bonchev–Trinajstić information content (AvgIpc) is 3.33. The summed E-state index contributed by atoms with van der Waals surface area (Å²) in [4.78, 5) is 34.4. The maximum Gasteiger partial charge on any atom is 0.217 e. The van der Waals surface area contributed by atoms with Gasteiger partial charge in [0.15, 0.2) is 34.5 Å². The third kappa shape index (κ3) is 11.3. The molecule has 1 aliphatic rings. The highest BCUT2D eigenvalue weighted by Crippen LogP contribution is 2.43. The summed E-state index contributed by atoms with van der Waals surface area (Å²) >= 11 is 0. The van der Waals surface area contributed by atoms with Crippen molar-refractivity contribution in [3.05, 3.63) is 159 Å². The summed E-state index contributed by atoms with van der Waals surface area (Å²) in [7, 11) is 4.89. The number of methoxy groups -OCH3 is 3. The van der Waals surface area contributed by atoms with Crippen LogP contribution >= 0.6 is 0 Å². The first-order valence-electron chi connectivity index (χ1n) is 20.6. The van der Waals surface area contributed by atoms with E-state index in [0.29, 0.717) is 90.6 Å². The van der Waals surface area contributed by atoms with E-state index in [0.717, 1.165) is 50.1 Å². The zero-order valence-electron chi connectivity index (χ0n) is 36.3. The second-order valence-electron chi connectivity index (χ2n) is 15.3. The van der Waals surface area contributed by atoms with Crippen molar-refractivity contribution in [3.63, 3.8) is 0 Å². The lowest BCUT2D eigenvalue weighted by Gasteiger charge is -2.18. The van der Waals surface area contributed by atoms with Crippen LogP contribution in [0.1, 0.15) is 70.8 Å². The van der Waals surface area contributed by atoms with Crippen molar-refractivity contribution >= 4 is 17.7 Å². The van der Waals surface area contributed by atoms with Gasteiger partial charge in [-0.25, -0.2) is 0 Å². The van der Waals surface area contributed by atoms with Gasteiger partial charge in [-0.1, -0.05) is 36.4 Å². The molecule has 0 unspecified atom stereocenters. The molecule has 0 atom stereocenters. The number of nitrogens with one attached hydrogen (secondary N) is 3. The molecule has 3 N–H and O–H groups in total. The van der Waals surface area contributed by atoms with E-state index < -0.39 is 0 Å². The van der Waals surface area contributed by atoms with Gasteiger partial charge in [0.25, 0.3) is 0 Å². The second kappa shape index (κ2) is 19.9. The number of carbonyl (C=O) groups is 3. The van der Waals surface area contributed by atoms with E-state index in [1.54, 1.807) is 21.3 Å². The molecule has 0 saturated carbocycles. The molecule has 6 aromatic rings. The fourth-order valence-corrected chi connectivity index (χ4v) is 7.34. The molecule has 6 aromatic carbocycles. The Labute approximate surface area is 367 Å². The van der Waals surface area contributed by atoms with Crippen molar-refractivity contribution in [3.8, 4) is 51.7 Å². The summed E-state index contributed by atoms with van der Waals surface area (Å²) in [6.45, 7) is 5.75. The van der Waals surface area contributed by atoms with Crippen LogP contribution in [0.15, 0.2) is 109 Å². The Morgan fingerprint density at radius 2 is 0.603 bits per heavy atom. The molecule has 0 fully saturated rings. The van der Waals surface area contributed by atoms with Crippen LogP contribution in [0.3, 0.4) is 0 Å². The Balaban J connectivity index is 1.29. The lowest BCUT2D eigenvalue weighted by atomic mass is 9.94. The molecule has 0 aromatic heterocycles. The zero-order chi connectivity index (χ0) is 44.5. The monoisotopic (exact) mass is 849 g/mol. The van der Waals surface area contributed by atoms with Gasteiger partial charge in [-0.3, -0.25) is 14.4 Å². The number of amides is 3. The molecule has 3 amide bonds. The summed E-state index contributed by atoms with van der Waals surface area (Å²) in [5.41, 5.74) is 9.04. The molecule has 0 aliphatic heterocycles. The highest BCUT2D eigenvalue weighted by Gasteiger charge is 2.23. The number of hydrogen-bond donors (Lipinski definition) is 3. The molecule has 0 saturated heterocycles. The summed E-state index contributed by atoms with van der Waals surface area (Å²) in [6.07, 6.45) is 1.65. The van der Waals surface area contributed by atoms with Crippen molar-refractivity contribution in [2.45, 2.75) is 59.7 Å². The van der Waals surface area contributed by atoms with Crippen molar-refractivity contribution in [2.75, 3.05) is 21.3 Å². The molecule has 63 heavy (non-hydrogen) atoms. The molecule has 0 bridgehead atoms. The van der Waals surface area contributed by atoms with Gasteiger partial charge in [0, 0.05) is 40.4 Å². The van der Waals surface area contributed by atoms with Gasteiger partial charge >= 0.3 is 0 Å². The number of fused-ring (bicyclic) bond motifs is 3. The molecule has 0 spiro atoms. The normalized spacial score (nSPS) is 11.5. The molecule has 0 heterocycles. The van der Waals surface area contributed by atoms with E-state index in [2.05, 4.69) is 16.0 Å². The van der Waals surface area contributed by atoms with Crippen LogP contribution in [0.25, 0.3) is 0 Å². The van der Waals surface area contributed by atoms with E-state index in [4.69, 9.17) is 28.4 Å².